The van der Waals surface area contributed by atoms with Gasteiger partial charge in [-0.3, -0.25) is 4.90 Å². The summed E-state index contributed by atoms with van der Waals surface area (Å²) in [6.45, 7) is 5.63. The fourth-order valence-electron chi connectivity index (χ4n) is 3.47. The van der Waals surface area contributed by atoms with E-state index in [2.05, 4.69) is 20.6 Å². The van der Waals surface area contributed by atoms with Gasteiger partial charge in [-0.1, -0.05) is 0 Å². The molecule has 6 nitrogen and oxygen atoms in total. The zero-order chi connectivity index (χ0) is 16.4. The Morgan fingerprint density at radius 3 is 3.13 bits per heavy atom. The van der Waals surface area contributed by atoms with Crippen LogP contribution in [0, 0.1) is 6.92 Å². The summed E-state index contributed by atoms with van der Waals surface area (Å²) in [7, 11) is 3.55. The summed E-state index contributed by atoms with van der Waals surface area (Å²) in [4.78, 5) is 20.5. The van der Waals surface area contributed by atoms with Crippen molar-refractivity contribution in [3.05, 3.63) is 16.1 Å². The van der Waals surface area contributed by atoms with E-state index in [0.29, 0.717) is 0 Å². The highest BCUT2D eigenvalue weighted by Crippen LogP contribution is 2.35. The predicted octanol–water partition coefficient (Wildman–Crippen LogP) is 1.85. The first-order valence-electron chi connectivity index (χ1n) is 8.21. The van der Waals surface area contributed by atoms with Crippen LogP contribution in [0.4, 0.5) is 4.79 Å². The molecule has 7 heteroatoms. The molecule has 0 unspecified atom stereocenters. The number of amides is 2. The molecule has 2 aliphatic heterocycles. The van der Waals surface area contributed by atoms with Crippen LogP contribution in [0.3, 0.4) is 0 Å². The summed E-state index contributed by atoms with van der Waals surface area (Å²) in [5, 5.41) is 6.39. The second kappa shape index (κ2) is 6.75. The Balaban J connectivity index is 1.56. The summed E-state index contributed by atoms with van der Waals surface area (Å²) < 4.78 is 6.15. The molecule has 3 rings (SSSR count). The minimum absolute atomic E-state index is 0.0137. The largest absolute Gasteiger partial charge is 0.373 e. The molecule has 1 aromatic rings. The van der Waals surface area contributed by atoms with Gasteiger partial charge in [-0.05, 0) is 26.2 Å². The molecule has 128 valence electrons. The van der Waals surface area contributed by atoms with Gasteiger partial charge in [0, 0.05) is 50.9 Å². The van der Waals surface area contributed by atoms with Crippen LogP contribution in [0.2, 0.25) is 0 Å². The molecule has 1 spiro atoms. The molecule has 23 heavy (non-hydrogen) atoms. The van der Waals surface area contributed by atoms with E-state index in [4.69, 9.17) is 4.74 Å². The summed E-state index contributed by atoms with van der Waals surface area (Å²) in [5.41, 5.74) is 0.994. The minimum atomic E-state index is -0.102. The fraction of sp³-hybridized carbons (Fsp3) is 0.750. The Bertz CT molecular complexity index is 562. The van der Waals surface area contributed by atoms with Crippen molar-refractivity contribution >= 4 is 17.4 Å². The highest BCUT2D eigenvalue weighted by molar-refractivity contribution is 7.09. The lowest BCUT2D eigenvalue weighted by molar-refractivity contribution is -0.0792. The van der Waals surface area contributed by atoms with Crippen LogP contribution in [0.1, 0.15) is 30.0 Å². The fourth-order valence-corrected chi connectivity index (χ4v) is 4.28. The highest BCUT2D eigenvalue weighted by Gasteiger charge is 2.43. The van der Waals surface area contributed by atoms with Crippen LogP contribution in [-0.4, -0.2) is 66.2 Å². The quantitative estimate of drug-likeness (QED) is 0.914. The molecule has 0 bridgehead atoms. The van der Waals surface area contributed by atoms with Crippen molar-refractivity contribution in [1.29, 1.82) is 0 Å². The van der Waals surface area contributed by atoms with Crippen LogP contribution in [0.25, 0.3) is 0 Å². The van der Waals surface area contributed by atoms with Crippen molar-refractivity contribution in [1.82, 2.24) is 20.1 Å². The molecule has 0 saturated carbocycles. The van der Waals surface area contributed by atoms with Gasteiger partial charge >= 0.3 is 6.03 Å². The standard InChI is InChI=1S/C16H26N4O2S/c1-12-10-23-14(17-12)9-20-6-5-16(11-20)8-13(4-7-22-16)18-15(21)19(2)3/h10,13H,4-9,11H2,1-3H3,(H,18,21)/t13-,16-/m0/s1. The predicted molar refractivity (Wildman–Crippen MR) is 90.7 cm³/mol. The first-order chi connectivity index (χ1) is 11.0. The average Bonchev–Trinajstić information content (AvgIpc) is 3.06. The molecular weight excluding hydrogens is 312 g/mol. The number of nitrogens with zero attached hydrogens (tertiary/aromatic N) is 3. The molecule has 1 aromatic heterocycles. The van der Waals surface area contributed by atoms with Crippen molar-refractivity contribution in [3.8, 4) is 0 Å². The van der Waals surface area contributed by atoms with Crippen molar-refractivity contribution in [3.63, 3.8) is 0 Å². The maximum atomic E-state index is 11.9. The van der Waals surface area contributed by atoms with E-state index in [1.165, 1.54) is 5.01 Å². The van der Waals surface area contributed by atoms with E-state index in [1.54, 1.807) is 30.3 Å². The number of nitrogens with one attached hydrogen (secondary N) is 1. The molecule has 0 aromatic carbocycles. The van der Waals surface area contributed by atoms with Crippen LogP contribution in [-0.2, 0) is 11.3 Å². The first kappa shape index (κ1) is 16.7. The van der Waals surface area contributed by atoms with Crippen molar-refractivity contribution in [2.24, 2.45) is 0 Å². The maximum Gasteiger partial charge on any atom is 0.317 e. The van der Waals surface area contributed by atoms with Crippen LogP contribution in [0.15, 0.2) is 5.38 Å². The Kier molecular flexibility index (Phi) is 4.89. The lowest BCUT2D eigenvalue weighted by atomic mass is 9.89. The van der Waals surface area contributed by atoms with Crippen LogP contribution < -0.4 is 5.32 Å². The van der Waals surface area contributed by atoms with E-state index >= 15 is 0 Å². The number of carbonyl (C=O) groups excluding carboxylic acids is 1. The number of hydrogen-bond donors (Lipinski definition) is 1. The number of aromatic nitrogens is 1. The number of hydrogen-bond acceptors (Lipinski definition) is 5. The van der Waals surface area contributed by atoms with Crippen molar-refractivity contribution < 1.29 is 9.53 Å². The molecule has 0 aliphatic carbocycles. The Labute approximate surface area is 141 Å². The van der Waals surface area contributed by atoms with Crippen LogP contribution in [0.5, 0.6) is 0 Å². The van der Waals surface area contributed by atoms with Gasteiger partial charge in [-0.2, -0.15) is 0 Å². The number of urea groups is 1. The molecule has 2 atom stereocenters. The molecule has 3 heterocycles. The molecule has 2 amide bonds. The van der Waals surface area contributed by atoms with Gasteiger partial charge < -0.3 is 15.0 Å². The highest BCUT2D eigenvalue weighted by atomic mass is 32.1. The Hall–Kier alpha value is -1.18. The normalized spacial score (nSPS) is 28.2. The topological polar surface area (TPSA) is 57.7 Å². The second-order valence-corrected chi connectivity index (χ2v) is 7.85. The van der Waals surface area contributed by atoms with E-state index < -0.39 is 0 Å². The Morgan fingerprint density at radius 2 is 2.43 bits per heavy atom. The monoisotopic (exact) mass is 338 g/mol. The van der Waals surface area contributed by atoms with Gasteiger partial charge in [0.05, 0.1) is 12.1 Å². The summed E-state index contributed by atoms with van der Waals surface area (Å²) in [5.74, 6) is 0. The summed E-state index contributed by atoms with van der Waals surface area (Å²) in [6.07, 6.45) is 2.83. The lowest BCUT2D eigenvalue weighted by Gasteiger charge is -2.38. The summed E-state index contributed by atoms with van der Waals surface area (Å²) in [6, 6.07) is 0.195. The van der Waals surface area contributed by atoms with E-state index in [-0.39, 0.29) is 17.7 Å². The van der Waals surface area contributed by atoms with Crippen molar-refractivity contribution in [2.75, 3.05) is 33.8 Å². The third-order valence-electron chi connectivity index (χ3n) is 4.65. The molecular formula is C16H26N4O2S. The molecule has 0 radical (unpaired) electrons. The third-order valence-corrected chi connectivity index (χ3v) is 5.60. The number of aryl methyl sites for hydroxylation is 1. The zero-order valence-electron chi connectivity index (χ0n) is 14.2. The smallest absolute Gasteiger partial charge is 0.317 e. The van der Waals surface area contributed by atoms with Gasteiger partial charge in [0.2, 0.25) is 0 Å². The SMILES string of the molecule is Cc1csc(CN2CC[C@]3(C[C@@H](NC(=O)N(C)C)CCO3)C2)n1. The molecule has 2 fully saturated rings. The minimum Gasteiger partial charge on any atom is -0.373 e. The average molecular weight is 338 g/mol. The van der Waals surface area contributed by atoms with Gasteiger partial charge in [-0.15, -0.1) is 11.3 Å². The van der Waals surface area contributed by atoms with Crippen LogP contribution >= 0.6 is 11.3 Å². The van der Waals surface area contributed by atoms with E-state index in [9.17, 15) is 4.79 Å². The summed E-state index contributed by atoms with van der Waals surface area (Å²) >= 11 is 1.73. The maximum absolute atomic E-state index is 11.9. The van der Waals surface area contributed by atoms with Gasteiger partial charge in [0.1, 0.15) is 5.01 Å². The van der Waals surface area contributed by atoms with Gasteiger partial charge in [0.15, 0.2) is 0 Å². The number of carbonyl (C=O) groups is 1. The third kappa shape index (κ3) is 4.02. The van der Waals surface area contributed by atoms with Crippen molar-refractivity contribution in [2.45, 2.75) is 44.4 Å². The van der Waals surface area contributed by atoms with Gasteiger partial charge in [0.25, 0.3) is 0 Å². The number of likely N-dealkylation sites (tertiary alicyclic amines) is 1. The number of thiazole rings is 1. The van der Waals surface area contributed by atoms with Gasteiger partial charge in [-0.25, -0.2) is 9.78 Å². The Morgan fingerprint density at radius 1 is 1.61 bits per heavy atom. The second-order valence-electron chi connectivity index (χ2n) is 6.91. The molecule has 1 N–H and O–H groups in total. The first-order valence-corrected chi connectivity index (χ1v) is 9.09. The molecule has 2 aliphatic rings. The number of ether oxygens (including phenoxy) is 1. The zero-order valence-corrected chi connectivity index (χ0v) is 15.0. The van der Waals surface area contributed by atoms with E-state index in [1.807, 2.05) is 6.92 Å². The lowest BCUT2D eigenvalue weighted by Crippen LogP contribution is -2.51. The number of rotatable bonds is 3. The molecule has 2 saturated heterocycles. The van der Waals surface area contributed by atoms with E-state index in [0.717, 1.165) is 51.2 Å².